The highest BCUT2D eigenvalue weighted by Gasteiger charge is 2.28. The van der Waals surface area contributed by atoms with Crippen molar-refractivity contribution >= 4 is 16.8 Å². The predicted molar refractivity (Wildman–Crippen MR) is 100.0 cm³/mol. The smallest absolute Gasteiger partial charge is 0.253 e. The van der Waals surface area contributed by atoms with E-state index in [4.69, 9.17) is 0 Å². The molecule has 148 valence electrons. The van der Waals surface area contributed by atoms with Gasteiger partial charge in [0.05, 0.1) is 40.9 Å². The van der Waals surface area contributed by atoms with Crippen LogP contribution in [0.5, 0.6) is 0 Å². The molecule has 0 aliphatic heterocycles. The lowest BCUT2D eigenvalue weighted by molar-refractivity contribution is 0.0718. The third kappa shape index (κ3) is 3.17. The van der Waals surface area contributed by atoms with E-state index in [-0.39, 0.29) is 28.6 Å². The second kappa shape index (κ2) is 7.35. The van der Waals surface area contributed by atoms with Gasteiger partial charge < -0.3 is 15.0 Å². The molecule has 1 aromatic carbocycles. The van der Waals surface area contributed by atoms with E-state index in [2.05, 4.69) is 15.5 Å². The maximum Gasteiger partial charge on any atom is 0.253 e. The van der Waals surface area contributed by atoms with Crippen molar-refractivity contribution in [3.63, 3.8) is 0 Å². The Morgan fingerprint density at radius 3 is 2.79 bits per heavy atom. The highest BCUT2D eigenvalue weighted by molar-refractivity contribution is 6.07. The molecule has 1 amide bonds. The Kier molecular flexibility index (Phi) is 4.89. The highest BCUT2D eigenvalue weighted by atomic mass is 19.1. The molecule has 8 heteroatoms. The fourth-order valence-electron chi connectivity index (χ4n) is 3.97. The van der Waals surface area contributed by atoms with E-state index < -0.39 is 23.6 Å². The lowest BCUT2D eigenvalue weighted by Crippen LogP contribution is -2.45. The maximum absolute atomic E-state index is 14.6. The molecule has 0 bridgehead atoms. The van der Waals surface area contributed by atoms with Crippen molar-refractivity contribution in [3.05, 3.63) is 53.5 Å². The number of amides is 1. The summed E-state index contributed by atoms with van der Waals surface area (Å²) in [5.41, 5.74) is 0.860. The first-order valence-electron chi connectivity index (χ1n) is 9.43. The number of rotatable bonds is 4. The fourth-order valence-corrected chi connectivity index (χ4v) is 3.97. The number of hydrogen-bond acceptors (Lipinski definition) is 3. The van der Waals surface area contributed by atoms with Crippen LogP contribution in [0.25, 0.3) is 10.9 Å². The number of fused-ring (bicyclic) bond motifs is 1. The van der Waals surface area contributed by atoms with Crippen molar-refractivity contribution in [2.45, 2.75) is 50.8 Å². The van der Waals surface area contributed by atoms with Crippen LogP contribution < -0.4 is 5.32 Å². The number of aromatic nitrogens is 3. The molecule has 0 saturated heterocycles. The Bertz CT molecular complexity index is 999. The van der Waals surface area contributed by atoms with Crippen LogP contribution in [-0.2, 0) is 0 Å². The van der Waals surface area contributed by atoms with Crippen LogP contribution in [0.15, 0.2) is 30.7 Å². The molecule has 0 spiro atoms. The molecular formula is C20H22F2N4O2. The first kappa shape index (κ1) is 18.6. The van der Waals surface area contributed by atoms with Crippen molar-refractivity contribution in [2.24, 2.45) is 0 Å². The molecule has 2 aromatic heterocycles. The Hall–Kier alpha value is -2.74. The van der Waals surface area contributed by atoms with Crippen LogP contribution in [0.2, 0.25) is 0 Å². The summed E-state index contributed by atoms with van der Waals surface area (Å²) in [6.07, 6.45) is 7.22. The van der Waals surface area contributed by atoms with Gasteiger partial charge in [-0.25, -0.2) is 8.78 Å². The van der Waals surface area contributed by atoms with Gasteiger partial charge in [-0.15, -0.1) is 0 Å². The molecule has 1 unspecified atom stereocenters. The summed E-state index contributed by atoms with van der Waals surface area (Å²) in [6, 6.07) is 1.33. The number of hydrogen-bond donors (Lipinski definition) is 3. The van der Waals surface area contributed by atoms with Crippen LogP contribution in [0.3, 0.4) is 0 Å². The van der Waals surface area contributed by atoms with Crippen LogP contribution in [0, 0.1) is 11.6 Å². The second-order valence-electron chi connectivity index (χ2n) is 7.34. The van der Waals surface area contributed by atoms with Gasteiger partial charge in [-0.2, -0.15) is 5.10 Å². The molecular weight excluding hydrogens is 366 g/mol. The Morgan fingerprint density at radius 1 is 1.32 bits per heavy atom. The topological polar surface area (TPSA) is 82.9 Å². The highest BCUT2D eigenvalue weighted by Crippen LogP contribution is 2.32. The van der Waals surface area contributed by atoms with Gasteiger partial charge in [0.2, 0.25) is 0 Å². The van der Waals surface area contributed by atoms with E-state index in [0.29, 0.717) is 12.8 Å². The van der Waals surface area contributed by atoms with E-state index in [0.717, 1.165) is 30.5 Å². The van der Waals surface area contributed by atoms with Gasteiger partial charge in [0.15, 0.2) is 0 Å². The van der Waals surface area contributed by atoms with Crippen LogP contribution in [0.1, 0.15) is 54.6 Å². The van der Waals surface area contributed by atoms with Gasteiger partial charge in [-0.1, -0.05) is 12.8 Å². The van der Waals surface area contributed by atoms with Crippen molar-refractivity contribution in [1.82, 2.24) is 20.1 Å². The van der Waals surface area contributed by atoms with E-state index in [1.54, 1.807) is 17.0 Å². The molecule has 28 heavy (non-hydrogen) atoms. The van der Waals surface area contributed by atoms with Gasteiger partial charge in [0, 0.05) is 18.0 Å². The summed E-state index contributed by atoms with van der Waals surface area (Å²) in [6.45, 7) is 1.82. The minimum absolute atomic E-state index is 0.0306. The van der Waals surface area contributed by atoms with Crippen molar-refractivity contribution < 1.29 is 18.7 Å². The first-order chi connectivity index (χ1) is 13.5. The molecule has 6 nitrogen and oxygen atoms in total. The second-order valence-corrected chi connectivity index (χ2v) is 7.34. The molecule has 0 radical (unpaired) electrons. The standard InChI is InChI=1S/C20H22F2N4O2/c1-11(12-8-23-24-9-12)26-10-13(18-14(21)6-7-15(22)19(18)26)20(28)25-16-4-2-3-5-17(16)27/h6-11,16-17,27H,2-5H2,1H3,(H,23,24)(H,25,28)/t11?,16-,17-/m0/s1. The molecule has 1 aliphatic rings. The number of nitrogens with zero attached hydrogens (tertiary/aromatic N) is 2. The lowest BCUT2D eigenvalue weighted by atomic mass is 9.92. The molecule has 1 saturated carbocycles. The molecule has 3 aromatic rings. The SMILES string of the molecule is CC(c1cn[nH]c1)n1cc(C(=O)N[C@H]2CCCC[C@@H]2O)c2c(F)ccc(F)c21. The molecule has 2 heterocycles. The summed E-state index contributed by atoms with van der Waals surface area (Å²) in [5.74, 6) is -1.79. The summed E-state index contributed by atoms with van der Waals surface area (Å²) in [7, 11) is 0. The van der Waals surface area contributed by atoms with Gasteiger partial charge in [0.25, 0.3) is 5.91 Å². The largest absolute Gasteiger partial charge is 0.391 e. The van der Waals surface area contributed by atoms with E-state index in [1.807, 2.05) is 6.92 Å². The van der Waals surface area contributed by atoms with Gasteiger partial charge in [0.1, 0.15) is 11.6 Å². The monoisotopic (exact) mass is 388 g/mol. The number of carbonyl (C=O) groups excluding carboxylic acids is 1. The number of aliphatic hydroxyl groups is 1. The van der Waals surface area contributed by atoms with Gasteiger partial charge in [-0.05, 0) is 31.9 Å². The quantitative estimate of drug-likeness (QED) is 0.641. The zero-order valence-corrected chi connectivity index (χ0v) is 15.5. The fraction of sp³-hybridized carbons (Fsp3) is 0.400. The molecule has 1 fully saturated rings. The van der Waals surface area contributed by atoms with Crippen molar-refractivity contribution in [3.8, 4) is 0 Å². The van der Waals surface area contributed by atoms with Crippen LogP contribution in [0.4, 0.5) is 8.78 Å². The van der Waals surface area contributed by atoms with Gasteiger partial charge in [-0.3, -0.25) is 9.89 Å². The number of aliphatic hydroxyl groups excluding tert-OH is 1. The number of nitrogens with one attached hydrogen (secondary N) is 2. The van der Waals surface area contributed by atoms with Crippen molar-refractivity contribution in [2.75, 3.05) is 0 Å². The number of H-pyrrole nitrogens is 1. The normalized spacial score (nSPS) is 21.0. The zero-order valence-electron chi connectivity index (χ0n) is 15.5. The molecule has 4 rings (SSSR count). The third-order valence-corrected chi connectivity index (χ3v) is 5.58. The predicted octanol–water partition coefficient (Wildman–Crippen LogP) is 3.29. The van der Waals surface area contributed by atoms with E-state index in [9.17, 15) is 18.7 Å². The van der Waals surface area contributed by atoms with Crippen LogP contribution in [-0.4, -0.2) is 37.9 Å². The Morgan fingerprint density at radius 2 is 2.07 bits per heavy atom. The average Bonchev–Trinajstić information content (AvgIpc) is 3.34. The zero-order chi connectivity index (χ0) is 19.8. The first-order valence-corrected chi connectivity index (χ1v) is 9.43. The summed E-state index contributed by atoms with van der Waals surface area (Å²) >= 11 is 0. The number of halogens is 2. The lowest BCUT2D eigenvalue weighted by Gasteiger charge is -2.28. The average molecular weight is 388 g/mol. The minimum atomic E-state index is -0.663. The summed E-state index contributed by atoms with van der Waals surface area (Å²) in [5, 5.41) is 19.5. The number of aromatic amines is 1. The molecule has 1 aliphatic carbocycles. The Balaban J connectivity index is 1.78. The van der Waals surface area contributed by atoms with E-state index in [1.165, 1.54) is 6.20 Å². The van der Waals surface area contributed by atoms with Crippen molar-refractivity contribution in [1.29, 1.82) is 0 Å². The summed E-state index contributed by atoms with van der Waals surface area (Å²) in [4.78, 5) is 12.9. The number of benzene rings is 1. The Labute approximate surface area is 160 Å². The van der Waals surface area contributed by atoms with Crippen LogP contribution >= 0.6 is 0 Å². The molecule has 3 atom stereocenters. The number of carbonyl (C=O) groups is 1. The third-order valence-electron chi connectivity index (χ3n) is 5.58. The maximum atomic E-state index is 14.6. The molecule has 3 N–H and O–H groups in total. The van der Waals surface area contributed by atoms with E-state index >= 15 is 0 Å². The summed E-state index contributed by atoms with van der Waals surface area (Å²) < 4.78 is 30.8. The minimum Gasteiger partial charge on any atom is -0.391 e. The van der Waals surface area contributed by atoms with Gasteiger partial charge >= 0.3 is 0 Å².